The van der Waals surface area contributed by atoms with Crippen molar-refractivity contribution in [1.82, 2.24) is 5.32 Å². The van der Waals surface area contributed by atoms with Crippen LogP contribution < -0.4 is 5.32 Å². The Morgan fingerprint density at radius 3 is 2.48 bits per heavy atom. The highest BCUT2D eigenvalue weighted by Gasteiger charge is 2.42. The van der Waals surface area contributed by atoms with Gasteiger partial charge in [0, 0.05) is 28.4 Å². The molecular weight excluding hydrogens is 354 g/mol. The first-order chi connectivity index (χ1) is 12.0. The molecule has 1 aromatic carbocycles. The van der Waals surface area contributed by atoms with E-state index in [1.165, 1.54) is 4.88 Å². The van der Waals surface area contributed by atoms with E-state index in [1.807, 2.05) is 24.3 Å². The average molecular weight is 378 g/mol. The average Bonchev–Trinajstić information content (AvgIpc) is 3.26. The molecule has 0 aliphatic heterocycles. The number of hydrogen-bond donors (Lipinski definition) is 1. The van der Waals surface area contributed by atoms with Crippen molar-refractivity contribution in [3.63, 3.8) is 0 Å². The molecule has 0 radical (unpaired) electrons. The Bertz CT molecular complexity index is 720. The van der Waals surface area contributed by atoms with Crippen LogP contribution >= 0.6 is 22.9 Å². The molecule has 1 amide bonds. The van der Waals surface area contributed by atoms with Gasteiger partial charge in [-0.15, -0.1) is 11.3 Å². The van der Waals surface area contributed by atoms with Crippen LogP contribution in [0.3, 0.4) is 0 Å². The van der Waals surface area contributed by atoms with Crippen LogP contribution in [0.2, 0.25) is 5.02 Å². The largest absolute Gasteiger partial charge is 0.374 e. The van der Waals surface area contributed by atoms with Crippen LogP contribution in [-0.2, 0) is 14.9 Å². The molecule has 2 aromatic rings. The molecule has 1 aliphatic rings. The first-order valence-corrected chi connectivity index (χ1v) is 9.88. The molecule has 25 heavy (non-hydrogen) atoms. The predicted octanol–water partition coefficient (Wildman–Crippen LogP) is 5.03. The maximum absolute atomic E-state index is 13.1. The highest BCUT2D eigenvalue weighted by Crippen LogP contribution is 2.41. The summed E-state index contributed by atoms with van der Waals surface area (Å²) in [5.41, 5.74) is 0.627. The van der Waals surface area contributed by atoms with Crippen LogP contribution in [0, 0.1) is 6.92 Å². The number of ether oxygens (including phenoxy) is 1. The van der Waals surface area contributed by atoms with Gasteiger partial charge in [0.15, 0.2) is 0 Å². The molecule has 1 aliphatic carbocycles. The minimum absolute atomic E-state index is 0.0997. The molecule has 1 saturated carbocycles. The van der Waals surface area contributed by atoms with Gasteiger partial charge in [0.2, 0.25) is 5.91 Å². The number of aryl methyl sites for hydroxylation is 1. The highest BCUT2D eigenvalue weighted by molar-refractivity contribution is 7.12. The molecule has 0 saturated heterocycles. The molecule has 0 bridgehead atoms. The van der Waals surface area contributed by atoms with Crippen LogP contribution in [0.1, 0.15) is 47.1 Å². The Morgan fingerprint density at radius 1 is 1.24 bits per heavy atom. The molecule has 3 rings (SSSR count). The van der Waals surface area contributed by atoms with Gasteiger partial charge >= 0.3 is 0 Å². The second kappa shape index (κ2) is 7.90. The third-order valence-corrected chi connectivity index (χ3v) is 6.44. The van der Waals surface area contributed by atoms with E-state index >= 15 is 0 Å². The lowest BCUT2D eigenvalue weighted by Crippen LogP contribution is -2.44. The van der Waals surface area contributed by atoms with Gasteiger partial charge in [0.1, 0.15) is 6.10 Å². The first-order valence-electron chi connectivity index (χ1n) is 8.68. The number of amides is 1. The Labute approximate surface area is 158 Å². The lowest BCUT2D eigenvalue weighted by Gasteiger charge is -2.29. The van der Waals surface area contributed by atoms with Gasteiger partial charge in [0.05, 0.1) is 5.41 Å². The van der Waals surface area contributed by atoms with Crippen molar-refractivity contribution >= 4 is 28.8 Å². The summed E-state index contributed by atoms with van der Waals surface area (Å²) in [5, 5.41) is 3.85. The van der Waals surface area contributed by atoms with E-state index in [9.17, 15) is 4.79 Å². The number of thiophene rings is 1. The van der Waals surface area contributed by atoms with E-state index in [0.717, 1.165) is 36.1 Å². The third kappa shape index (κ3) is 3.91. The summed E-state index contributed by atoms with van der Waals surface area (Å²) in [5.74, 6) is 0.0997. The number of halogens is 1. The quantitative estimate of drug-likeness (QED) is 0.767. The molecule has 5 heteroatoms. The van der Waals surface area contributed by atoms with E-state index < -0.39 is 5.41 Å². The fourth-order valence-electron chi connectivity index (χ4n) is 3.68. The van der Waals surface area contributed by atoms with Crippen molar-refractivity contribution in [3.05, 3.63) is 56.7 Å². The highest BCUT2D eigenvalue weighted by atomic mass is 35.5. The van der Waals surface area contributed by atoms with Gasteiger partial charge in [-0.3, -0.25) is 4.79 Å². The van der Waals surface area contributed by atoms with Crippen molar-refractivity contribution in [2.75, 3.05) is 13.7 Å². The lowest BCUT2D eigenvalue weighted by molar-refractivity contribution is -0.127. The first kappa shape index (κ1) is 18.4. The number of nitrogens with one attached hydrogen (secondary N) is 1. The minimum Gasteiger partial charge on any atom is -0.374 e. The summed E-state index contributed by atoms with van der Waals surface area (Å²) < 4.78 is 5.60. The van der Waals surface area contributed by atoms with Crippen LogP contribution in [0.4, 0.5) is 0 Å². The topological polar surface area (TPSA) is 38.3 Å². The number of benzene rings is 1. The number of methoxy groups -OCH3 is 1. The molecule has 1 N–H and O–H groups in total. The SMILES string of the molecule is COC(CNC(=O)C1(c2ccc(Cl)cc2)CCCC1)c1ccc(C)s1. The van der Waals surface area contributed by atoms with Gasteiger partial charge in [0.25, 0.3) is 0 Å². The normalized spacial score (nSPS) is 17.4. The zero-order valence-corrected chi connectivity index (χ0v) is 16.3. The van der Waals surface area contributed by atoms with E-state index in [4.69, 9.17) is 16.3 Å². The van der Waals surface area contributed by atoms with E-state index in [2.05, 4.69) is 24.4 Å². The van der Waals surface area contributed by atoms with Crippen LogP contribution in [0.15, 0.2) is 36.4 Å². The van der Waals surface area contributed by atoms with Gasteiger partial charge < -0.3 is 10.1 Å². The number of carbonyl (C=O) groups is 1. The summed E-state index contributed by atoms with van der Waals surface area (Å²) in [4.78, 5) is 15.5. The van der Waals surface area contributed by atoms with Crippen LogP contribution in [-0.4, -0.2) is 19.6 Å². The van der Waals surface area contributed by atoms with Crippen LogP contribution in [0.25, 0.3) is 0 Å². The van der Waals surface area contributed by atoms with Crippen molar-refractivity contribution in [2.45, 2.75) is 44.1 Å². The Balaban J connectivity index is 1.74. The van der Waals surface area contributed by atoms with Gasteiger partial charge in [-0.1, -0.05) is 36.6 Å². The minimum atomic E-state index is -0.436. The predicted molar refractivity (Wildman–Crippen MR) is 103 cm³/mol. The van der Waals surface area contributed by atoms with Gasteiger partial charge in [-0.05, 0) is 49.6 Å². The van der Waals surface area contributed by atoms with E-state index in [0.29, 0.717) is 11.6 Å². The number of hydrogen-bond acceptors (Lipinski definition) is 3. The second-order valence-corrected chi connectivity index (χ2v) is 8.43. The molecule has 0 spiro atoms. The zero-order chi connectivity index (χ0) is 17.9. The second-order valence-electron chi connectivity index (χ2n) is 6.68. The molecule has 1 unspecified atom stereocenters. The zero-order valence-electron chi connectivity index (χ0n) is 14.7. The van der Waals surface area contributed by atoms with Gasteiger partial charge in [-0.25, -0.2) is 0 Å². The van der Waals surface area contributed by atoms with Crippen molar-refractivity contribution in [1.29, 1.82) is 0 Å². The van der Waals surface area contributed by atoms with Crippen molar-refractivity contribution < 1.29 is 9.53 Å². The summed E-state index contributed by atoms with van der Waals surface area (Å²) in [6.07, 6.45) is 3.82. The summed E-state index contributed by atoms with van der Waals surface area (Å²) in [6.45, 7) is 2.57. The summed E-state index contributed by atoms with van der Waals surface area (Å²) in [7, 11) is 1.69. The monoisotopic (exact) mass is 377 g/mol. The van der Waals surface area contributed by atoms with E-state index in [-0.39, 0.29) is 12.0 Å². The number of rotatable bonds is 6. The Morgan fingerprint density at radius 2 is 1.92 bits per heavy atom. The molecule has 1 atom stereocenters. The Kier molecular flexibility index (Phi) is 5.82. The maximum atomic E-state index is 13.1. The summed E-state index contributed by atoms with van der Waals surface area (Å²) in [6, 6.07) is 11.9. The molecule has 3 nitrogen and oxygen atoms in total. The molecular formula is C20H24ClNO2S. The molecule has 134 valence electrons. The molecule has 1 heterocycles. The van der Waals surface area contributed by atoms with Crippen molar-refractivity contribution in [2.24, 2.45) is 0 Å². The molecule has 1 fully saturated rings. The maximum Gasteiger partial charge on any atom is 0.230 e. The molecule has 1 aromatic heterocycles. The number of carbonyl (C=O) groups excluding carboxylic acids is 1. The van der Waals surface area contributed by atoms with Crippen LogP contribution in [0.5, 0.6) is 0 Å². The van der Waals surface area contributed by atoms with Gasteiger partial charge in [-0.2, -0.15) is 0 Å². The smallest absolute Gasteiger partial charge is 0.230 e. The fourth-order valence-corrected chi connectivity index (χ4v) is 4.76. The third-order valence-electron chi connectivity index (χ3n) is 5.10. The Hall–Kier alpha value is -1.36. The summed E-state index contributed by atoms with van der Waals surface area (Å²) >= 11 is 7.73. The fraction of sp³-hybridized carbons (Fsp3) is 0.450. The van der Waals surface area contributed by atoms with Crippen molar-refractivity contribution in [3.8, 4) is 0 Å². The standard InChI is InChI=1S/C20H24ClNO2S/c1-14-5-10-18(25-14)17(24-2)13-22-19(23)20(11-3-4-12-20)15-6-8-16(21)9-7-15/h5-10,17H,3-4,11-13H2,1-2H3,(H,22,23). The van der Waals surface area contributed by atoms with E-state index in [1.54, 1.807) is 18.4 Å². The lowest BCUT2D eigenvalue weighted by atomic mass is 9.78.